The Morgan fingerprint density at radius 2 is 1.77 bits per heavy atom. The van der Waals surface area contributed by atoms with Gasteiger partial charge in [-0.2, -0.15) is 13.2 Å². The molecule has 0 heterocycles. The number of benzene rings is 2. The van der Waals surface area contributed by atoms with Crippen LogP contribution in [0.3, 0.4) is 0 Å². The van der Waals surface area contributed by atoms with Gasteiger partial charge in [0.1, 0.15) is 19.0 Å². The fourth-order valence-electron chi connectivity index (χ4n) is 2.21. The van der Waals surface area contributed by atoms with Crippen LogP contribution in [-0.2, 0) is 22.3 Å². The number of rotatable bonds is 8. The van der Waals surface area contributed by atoms with E-state index in [-0.39, 0.29) is 25.7 Å². The van der Waals surface area contributed by atoms with Crippen molar-refractivity contribution in [2.45, 2.75) is 12.7 Å². The van der Waals surface area contributed by atoms with E-state index in [2.05, 4.69) is 0 Å². The first-order chi connectivity index (χ1) is 12.4. The fraction of sp³-hybridized carbons (Fsp3) is 0.316. The van der Waals surface area contributed by atoms with Gasteiger partial charge in [-0.05, 0) is 29.8 Å². The third-order valence-corrected chi connectivity index (χ3v) is 3.56. The van der Waals surface area contributed by atoms with Gasteiger partial charge in [0.05, 0.1) is 12.2 Å². The van der Waals surface area contributed by atoms with Crippen LogP contribution in [-0.4, -0.2) is 37.7 Å². The molecule has 0 radical (unpaired) electrons. The van der Waals surface area contributed by atoms with Gasteiger partial charge in [0.15, 0.2) is 0 Å². The lowest BCUT2D eigenvalue weighted by Gasteiger charge is -2.18. The Bertz CT molecular complexity index is 705. The number of carbonyl (C=O) groups is 1. The van der Waals surface area contributed by atoms with Crippen molar-refractivity contribution >= 4 is 5.91 Å². The molecule has 0 aliphatic carbocycles. The molecule has 7 heteroatoms. The van der Waals surface area contributed by atoms with Crippen molar-refractivity contribution in [2.75, 3.05) is 26.9 Å². The van der Waals surface area contributed by atoms with Gasteiger partial charge in [-0.1, -0.05) is 30.3 Å². The van der Waals surface area contributed by atoms with Crippen molar-refractivity contribution in [1.29, 1.82) is 0 Å². The molecular formula is C19H20F3NO3. The van der Waals surface area contributed by atoms with Crippen molar-refractivity contribution in [1.82, 2.24) is 4.90 Å². The van der Waals surface area contributed by atoms with E-state index >= 15 is 0 Å². The predicted molar refractivity (Wildman–Crippen MR) is 90.7 cm³/mol. The molecule has 2 rings (SSSR count). The molecule has 2 aromatic carbocycles. The molecule has 0 fully saturated rings. The number of hydrogen-bond acceptors (Lipinski definition) is 3. The number of carbonyl (C=O) groups excluding carboxylic acids is 1. The maximum absolute atomic E-state index is 12.7. The SMILES string of the molecule is CN(Cc1cccc(C(F)(F)F)c1)C(=O)COCCOc1ccccc1. The topological polar surface area (TPSA) is 38.8 Å². The van der Waals surface area contributed by atoms with Crippen LogP contribution in [0.1, 0.15) is 11.1 Å². The molecule has 1 amide bonds. The number of ether oxygens (including phenoxy) is 2. The van der Waals surface area contributed by atoms with Gasteiger partial charge in [0.25, 0.3) is 0 Å². The van der Waals surface area contributed by atoms with E-state index in [9.17, 15) is 18.0 Å². The van der Waals surface area contributed by atoms with Crippen molar-refractivity contribution in [2.24, 2.45) is 0 Å². The number of nitrogens with zero attached hydrogens (tertiary/aromatic N) is 1. The Morgan fingerprint density at radius 3 is 2.46 bits per heavy atom. The number of likely N-dealkylation sites (N-methyl/N-ethyl adjacent to an activating group) is 1. The maximum Gasteiger partial charge on any atom is 0.416 e. The highest BCUT2D eigenvalue weighted by Gasteiger charge is 2.30. The molecule has 0 unspecified atom stereocenters. The third kappa shape index (κ3) is 6.40. The summed E-state index contributed by atoms with van der Waals surface area (Å²) < 4.78 is 48.8. The van der Waals surface area contributed by atoms with Crippen molar-refractivity contribution in [3.63, 3.8) is 0 Å². The molecule has 4 nitrogen and oxygen atoms in total. The lowest BCUT2D eigenvalue weighted by atomic mass is 10.1. The minimum Gasteiger partial charge on any atom is -0.491 e. The molecule has 0 N–H and O–H groups in total. The van der Waals surface area contributed by atoms with E-state index < -0.39 is 11.7 Å². The molecule has 0 saturated heterocycles. The van der Waals surface area contributed by atoms with Crippen LogP contribution < -0.4 is 4.74 Å². The zero-order valence-corrected chi connectivity index (χ0v) is 14.3. The van der Waals surface area contributed by atoms with E-state index in [1.807, 2.05) is 30.3 Å². The molecule has 140 valence electrons. The molecule has 0 bridgehead atoms. The van der Waals surface area contributed by atoms with Crippen LogP contribution in [0.4, 0.5) is 13.2 Å². The zero-order valence-electron chi connectivity index (χ0n) is 14.3. The zero-order chi connectivity index (χ0) is 19.0. The lowest BCUT2D eigenvalue weighted by molar-refractivity contribution is -0.137. The molecular weight excluding hydrogens is 347 g/mol. The van der Waals surface area contributed by atoms with E-state index in [0.29, 0.717) is 17.9 Å². The van der Waals surface area contributed by atoms with Crippen molar-refractivity contribution in [3.05, 3.63) is 65.7 Å². The average molecular weight is 367 g/mol. The quantitative estimate of drug-likeness (QED) is 0.667. The Kier molecular flexibility index (Phi) is 7.03. The summed E-state index contributed by atoms with van der Waals surface area (Å²) in [6.07, 6.45) is -4.40. The molecule has 0 aliphatic heterocycles. The Balaban J connectivity index is 1.72. The molecule has 0 atom stereocenters. The summed E-state index contributed by atoms with van der Waals surface area (Å²) in [4.78, 5) is 13.3. The lowest BCUT2D eigenvalue weighted by Crippen LogP contribution is -2.30. The first-order valence-corrected chi connectivity index (χ1v) is 8.02. The number of amides is 1. The second kappa shape index (κ2) is 9.24. The second-order valence-corrected chi connectivity index (χ2v) is 5.66. The molecule has 26 heavy (non-hydrogen) atoms. The number of hydrogen-bond donors (Lipinski definition) is 0. The summed E-state index contributed by atoms with van der Waals surface area (Å²) in [6.45, 7) is 0.451. The van der Waals surface area contributed by atoms with Gasteiger partial charge in [0.2, 0.25) is 5.91 Å². The molecule has 0 spiro atoms. The summed E-state index contributed by atoms with van der Waals surface area (Å²) >= 11 is 0. The Hall–Kier alpha value is -2.54. The number of halogens is 3. The normalized spacial score (nSPS) is 11.2. The molecule has 0 aromatic heterocycles. The molecule has 0 saturated carbocycles. The summed E-state index contributed by atoms with van der Waals surface area (Å²) in [6, 6.07) is 14.1. The highest BCUT2D eigenvalue weighted by molar-refractivity contribution is 5.77. The van der Waals surface area contributed by atoms with E-state index in [0.717, 1.165) is 12.1 Å². The maximum atomic E-state index is 12.7. The first kappa shape index (κ1) is 19.8. The van der Waals surface area contributed by atoms with Crippen molar-refractivity contribution in [3.8, 4) is 5.75 Å². The van der Waals surface area contributed by atoms with Crippen LogP contribution >= 0.6 is 0 Å². The van der Waals surface area contributed by atoms with Gasteiger partial charge in [-0.15, -0.1) is 0 Å². The largest absolute Gasteiger partial charge is 0.491 e. The molecule has 2 aromatic rings. The van der Waals surface area contributed by atoms with Crippen LogP contribution in [0.15, 0.2) is 54.6 Å². The van der Waals surface area contributed by atoms with Crippen molar-refractivity contribution < 1.29 is 27.4 Å². The first-order valence-electron chi connectivity index (χ1n) is 8.02. The Morgan fingerprint density at radius 1 is 1.04 bits per heavy atom. The third-order valence-electron chi connectivity index (χ3n) is 3.56. The van der Waals surface area contributed by atoms with Gasteiger partial charge in [-0.3, -0.25) is 4.79 Å². The highest BCUT2D eigenvalue weighted by Crippen LogP contribution is 2.29. The van der Waals surface area contributed by atoms with Gasteiger partial charge >= 0.3 is 6.18 Å². The predicted octanol–water partition coefficient (Wildman–Crippen LogP) is 3.76. The summed E-state index contributed by atoms with van der Waals surface area (Å²) in [5.74, 6) is 0.395. The van der Waals surface area contributed by atoms with Gasteiger partial charge in [-0.25, -0.2) is 0 Å². The minimum absolute atomic E-state index is 0.0760. The average Bonchev–Trinajstić information content (AvgIpc) is 2.61. The number of alkyl halides is 3. The summed E-state index contributed by atoms with van der Waals surface area (Å²) in [5.41, 5.74) is -0.326. The standard InChI is InChI=1S/C19H20F3NO3/c1-23(13-15-6-5-7-16(12-15)19(20,21)22)18(24)14-25-10-11-26-17-8-3-2-4-9-17/h2-9,12H,10-11,13-14H2,1H3. The minimum atomic E-state index is -4.40. The van der Waals surface area contributed by atoms with Crippen LogP contribution in [0.25, 0.3) is 0 Å². The van der Waals surface area contributed by atoms with E-state index in [1.165, 1.54) is 18.0 Å². The summed E-state index contributed by atoms with van der Waals surface area (Å²) in [5, 5.41) is 0. The molecule has 0 aliphatic rings. The fourth-order valence-corrected chi connectivity index (χ4v) is 2.21. The van der Waals surface area contributed by atoms with Gasteiger partial charge < -0.3 is 14.4 Å². The Labute approximate surface area is 150 Å². The van der Waals surface area contributed by atoms with Gasteiger partial charge in [0, 0.05) is 13.6 Å². The van der Waals surface area contributed by atoms with E-state index in [1.54, 1.807) is 6.07 Å². The van der Waals surface area contributed by atoms with Crippen LogP contribution in [0.5, 0.6) is 5.75 Å². The summed E-state index contributed by atoms with van der Waals surface area (Å²) in [7, 11) is 1.52. The van der Waals surface area contributed by atoms with E-state index in [4.69, 9.17) is 9.47 Å². The number of para-hydroxylation sites is 1. The highest BCUT2D eigenvalue weighted by atomic mass is 19.4. The monoisotopic (exact) mass is 367 g/mol. The smallest absolute Gasteiger partial charge is 0.416 e. The van der Waals surface area contributed by atoms with Crippen LogP contribution in [0.2, 0.25) is 0 Å². The second-order valence-electron chi connectivity index (χ2n) is 5.66. The van der Waals surface area contributed by atoms with Crippen LogP contribution in [0, 0.1) is 0 Å².